The summed E-state index contributed by atoms with van der Waals surface area (Å²) in [5.74, 6) is 0.623. The lowest BCUT2D eigenvalue weighted by Gasteiger charge is -2.12. The third kappa shape index (κ3) is 2.00. The number of thiazole rings is 1. The number of pyridine rings is 1. The van der Waals surface area contributed by atoms with Gasteiger partial charge in [0.1, 0.15) is 17.5 Å². The van der Waals surface area contributed by atoms with Crippen LogP contribution in [0.3, 0.4) is 0 Å². The van der Waals surface area contributed by atoms with Gasteiger partial charge in [0.2, 0.25) is 5.43 Å². The predicted molar refractivity (Wildman–Crippen MR) is 90.4 cm³/mol. The maximum Gasteiger partial charge on any atom is 0.205 e. The molecule has 0 fully saturated rings. The summed E-state index contributed by atoms with van der Waals surface area (Å²) in [5, 5.41) is 15.5. The molecule has 2 N–H and O–H groups in total. The topological polar surface area (TPSA) is 86.0 Å². The van der Waals surface area contributed by atoms with Gasteiger partial charge in [-0.15, -0.1) is 11.3 Å². The van der Waals surface area contributed by atoms with Gasteiger partial charge in [0.25, 0.3) is 0 Å². The van der Waals surface area contributed by atoms with Crippen LogP contribution in [0.15, 0.2) is 40.8 Å². The summed E-state index contributed by atoms with van der Waals surface area (Å²) >= 11 is 1.56. The van der Waals surface area contributed by atoms with E-state index in [1.807, 2.05) is 24.3 Å². The van der Waals surface area contributed by atoms with Crippen molar-refractivity contribution in [3.05, 3.63) is 57.3 Å². The second-order valence-electron chi connectivity index (χ2n) is 5.13. The fraction of sp³-hybridized carbons (Fsp3) is 0.0625. The number of hydrogen-bond acceptors (Lipinski definition) is 5. The van der Waals surface area contributed by atoms with E-state index in [-0.39, 0.29) is 11.0 Å². The normalized spacial score (nSPS) is 11.0. The molecule has 112 valence electrons. The van der Waals surface area contributed by atoms with E-state index in [9.17, 15) is 10.1 Å². The summed E-state index contributed by atoms with van der Waals surface area (Å²) in [7, 11) is 0. The number of aromatic amines is 1. The number of hydrogen-bond donors (Lipinski definition) is 2. The Labute approximate surface area is 134 Å². The van der Waals surface area contributed by atoms with Gasteiger partial charge in [0.15, 0.2) is 0 Å². The number of aromatic nitrogens is 3. The third-order valence-electron chi connectivity index (χ3n) is 3.79. The molecule has 6 nitrogen and oxygen atoms in total. The molecular weight excluding hydrogens is 310 g/mol. The average molecular weight is 321 g/mol. The Balaban J connectivity index is 1.92. The minimum Gasteiger partial charge on any atom is -0.340 e. The van der Waals surface area contributed by atoms with Crippen molar-refractivity contribution in [2.24, 2.45) is 0 Å². The van der Waals surface area contributed by atoms with E-state index in [0.717, 1.165) is 15.9 Å². The van der Waals surface area contributed by atoms with Gasteiger partial charge in [-0.05, 0) is 31.2 Å². The molecule has 1 aromatic carbocycles. The number of rotatable bonds is 2. The molecule has 0 unspecified atom stereocenters. The fourth-order valence-electron chi connectivity index (χ4n) is 2.62. The molecular formula is C16H11N5OS. The zero-order valence-corrected chi connectivity index (χ0v) is 12.9. The van der Waals surface area contributed by atoms with Crippen molar-refractivity contribution in [2.45, 2.75) is 6.92 Å². The molecule has 0 aliphatic rings. The molecule has 4 rings (SSSR count). The van der Waals surface area contributed by atoms with Crippen molar-refractivity contribution >= 4 is 38.6 Å². The summed E-state index contributed by atoms with van der Waals surface area (Å²) in [5.41, 5.74) is 4.54. The SMILES string of the molecule is Cc1c(Nc2ccc3ncsc3c2)n2[nH]ccc2c(C#N)c1=O. The van der Waals surface area contributed by atoms with E-state index in [2.05, 4.69) is 15.4 Å². The lowest BCUT2D eigenvalue weighted by Crippen LogP contribution is -2.16. The van der Waals surface area contributed by atoms with E-state index in [0.29, 0.717) is 16.9 Å². The molecule has 0 amide bonds. The third-order valence-corrected chi connectivity index (χ3v) is 4.59. The van der Waals surface area contributed by atoms with Crippen LogP contribution in [0.2, 0.25) is 0 Å². The van der Waals surface area contributed by atoms with Crippen LogP contribution >= 0.6 is 11.3 Å². The lowest BCUT2D eigenvalue weighted by atomic mass is 10.1. The minimum atomic E-state index is -0.256. The van der Waals surface area contributed by atoms with Gasteiger partial charge in [-0.2, -0.15) is 5.26 Å². The van der Waals surface area contributed by atoms with Crippen molar-refractivity contribution < 1.29 is 0 Å². The molecule has 0 radical (unpaired) electrons. The van der Waals surface area contributed by atoms with Crippen LogP contribution in [-0.4, -0.2) is 14.6 Å². The molecule has 0 saturated carbocycles. The fourth-order valence-corrected chi connectivity index (χ4v) is 3.34. The van der Waals surface area contributed by atoms with E-state index in [4.69, 9.17) is 0 Å². The first kappa shape index (κ1) is 13.5. The van der Waals surface area contributed by atoms with Crippen molar-refractivity contribution in [3.63, 3.8) is 0 Å². The second kappa shape index (κ2) is 4.97. The molecule has 7 heteroatoms. The van der Waals surface area contributed by atoms with Crippen molar-refractivity contribution in [1.82, 2.24) is 14.6 Å². The van der Waals surface area contributed by atoms with E-state index in [1.54, 1.807) is 40.5 Å². The largest absolute Gasteiger partial charge is 0.340 e. The van der Waals surface area contributed by atoms with E-state index >= 15 is 0 Å². The van der Waals surface area contributed by atoms with Crippen LogP contribution in [0.25, 0.3) is 15.7 Å². The van der Waals surface area contributed by atoms with Gasteiger partial charge in [-0.1, -0.05) is 0 Å². The number of H-pyrrole nitrogens is 1. The van der Waals surface area contributed by atoms with Gasteiger partial charge in [-0.3, -0.25) is 9.89 Å². The first-order chi connectivity index (χ1) is 11.2. The van der Waals surface area contributed by atoms with E-state index < -0.39 is 0 Å². The summed E-state index contributed by atoms with van der Waals surface area (Å²) in [6, 6.07) is 9.55. The molecule has 0 aliphatic carbocycles. The highest BCUT2D eigenvalue weighted by Gasteiger charge is 2.15. The number of anilines is 2. The molecule has 23 heavy (non-hydrogen) atoms. The minimum absolute atomic E-state index is 0.146. The van der Waals surface area contributed by atoms with Crippen LogP contribution in [0.5, 0.6) is 0 Å². The Morgan fingerprint density at radius 3 is 3.09 bits per heavy atom. The first-order valence-electron chi connectivity index (χ1n) is 6.92. The average Bonchev–Trinajstić information content (AvgIpc) is 3.20. The maximum absolute atomic E-state index is 12.4. The molecule has 0 aliphatic heterocycles. The van der Waals surface area contributed by atoms with Crippen LogP contribution in [0.1, 0.15) is 11.1 Å². The first-order valence-corrected chi connectivity index (χ1v) is 7.80. The van der Waals surface area contributed by atoms with Gasteiger partial charge < -0.3 is 5.32 Å². The predicted octanol–water partition coefficient (Wildman–Crippen LogP) is 3.16. The maximum atomic E-state index is 12.4. The summed E-state index contributed by atoms with van der Waals surface area (Å²) in [4.78, 5) is 16.7. The van der Waals surface area contributed by atoms with Crippen molar-refractivity contribution in [1.29, 1.82) is 5.26 Å². The van der Waals surface area contributed by atoms with Crippen molar-refractivity contribution in [3.8, 4) is 6.07 Å². The van der Waals surface area contributed by atoms with Crippen LogP contribution < -0.4 is 10.7 Å². The van der Waals surface area contributed by atoms with Gasteiger partial charge in [0.05, 0.1) is 21.2 Å². The molecule has 0 saturated heterocycles. The Morgan fingerprint density at radius 2 is 2.26 bits per heavy atom. The van der Waals surface area contributed by atoms with Gasteiger partial charge in [0, 0.05) is 17.4 Å². The second-order valence-corrected chi connectivity index (χ2v) is 6.02. The Morgan fingerprint density at radius 1 is 1.39 bits per heavy atom. The Bertz CT molecular complexity index is 1140. The molecule has 0 spiro atoms. The Kier molecular flexibility index (Phi) is 2.93. The molecule has 3 heterocycles. The number of nitriles is 1. The quantitative estimate of drug-likeness (QED) is 0.594. The number of benzene rings is 1. The number of fused-ring (bicyclic) bond motifs is 2. The molecule has 3 aromatic heterocycles. The summed E-state index contributed by atoms with van der Waals surface area (Å²) in [6.07, 6.45) is 1.70. The zero-order valence-electron chi connectivity index (χ0n) is 12.1. The van der Waals surface area contributed by atoms with Crippen LogP contribution in [0.4, 0.5) is 11.5 Å². The van der Waals surface area contributed by atoms with Crippen LogP contribution in [0, 0.1) is 18.3 Å². The number of nitrogens with one attached hydrogen (secondary N) is 2. The molecule has 0 bridgehead atoms. The highest BCUT2D eigenvalue weighted by atomic mass is 32.1. The zero-order chi connectivity index (χ0) is 16.0. The van der Waals surface area contributed by atoms with Crippen LogP contribution in [-0.2, 0) is 0 Å². The monoisotopic (exact) mass is 321 g/mol. The highest BCUT2D eigenvalue weighted by Crippen LogP contribution is 2.26. The lowest BCUT2D eigenvalue weighted by molar-refractivity contribution is 0.953. The smallest absolute Gasteiger partial charge is 0.205 e. The highest BCUT2D eigenvalue weighted by molar-refractivity contribution is 7.16. The summed E-state index contributed by atoms with van der Waals surface area (Å²) < 4.78 is 2.78. The summed E-state index contributed by atoms with van der Waals surface area (Å²) in [6.45, 7) is 1.71. The standard InChI is InChI=1S/C16H11N5OS/c1-9-15(22)11(7-17)13-4-5-19-21(13)16(9)20-10-2-3-12-14(6-10)23-8-18-12/h2-6,8,19-20H,1H3. The molecule has 4 aromatic rings. The Hall–Kier alpha value is -3.11. The van der Waals surface area contributed by atoms with E-state index in [1.165, 1.54) is 0 Å². The van der Waals surface area contributed by atoms with Gasteiger partial charge in [-0.25, -0.2) is 9.50 Å². The van der Waals surface area contributed by atoms with Crippen molar-refractivity contribution in [2.75, 3.05) is 5.32 Å². The number of nitrogens with zero attached hydrogens (tertiary/aromatic N) is 3. The molecule has 0 atom stereocenters. The van der Waals surface area contributed by atoms with Gasteiger partial charge >= 0.3 is 0 Å².